The second-order valence-electron chi connectivity index (χ2n) is 17.7. The SMILES string of the molecule is C=C(C)C1CCCCC[C@]2(N)[C@H](CC[C@@H]3[C@@]4(C)CC=C(c5ccc(C(=O)O)cc5)C(C)(C)[C@@H]4CC[C@]32C)[C@@H]1NCCN1CCS(=O)(=O)CC1. The maximum absolute atomic E-state index is 12.0. The van der Waals surface area contributed by atoms with Gasteiger partial charge in [0.25, 0.3) is 0 Å². The average molecular weight is 694 g/mol. The van der Waals surface area contributed by atoms with E-state index in [1.54, 1.807) is 12.1 Å². The summed E-state index contributed by atoms with van der Waals surface area (Å²) in [5.74, 6) is 1.42. The molecule has 0 bridgehead atoms. The summed E-state index contributed by atoms with van der Waals surface area (Å²) < 4.78 is 24.1. The molecule has 0 spiro atoms. The number of nitrogens with zero attached hydrogens (tertiary/aromatic N) is 1. The van der Waals surface area contributed by atoms with Gasteiger partial charge in [-0.25, -0.2) is 13.2 Å². The first-order chi connectivity index (χ1) is 23.0. The Morgan fingerprint density at radius 3 is 2.33 bits per heavy atom. The number of fused-ring (bicyclic) bond motifs is 5. The number of nitrogens with one attached hydrogen (secondary N) is 1. The summed E-state index contributed by atoms with van der Waals surface area (Å²) in [6.45, 7) is 19.7. The van der Waals surface area contributed by atoms with Crippen LogP contribution in [0.4, 0.5) is 0 Å². The average Bonchev–Trinajstić information content (AvgIpc) is 3.10. The number of hydrogen-bond acceptors (Lipinski definition) is 6. The molecular weight excluding hydrogens is 631 g/mol. The van der Waals surface area contributed by atoms with E-state index in [9.17, 15) is 18.3 Å². The third-order valence-corrected chi connectivity index (χ3v) is 16.5. The molecule has 49 heavy (non-hydrogen) atoms. The molecule has 7 nitrogen and oxygen atoms in total. The molecule has 4 aliphatic carbocycles. The fourth-order valence-corrected chi connectivity index (χ4v) is 13.5. The van der Waals surface area contributed by atoms with Gasteiger partial charge in [-0.15, -0.1) is 0 Å². The first kappa shape index (κ1) is 36.8. The van der Waals surface area contributed by atoms with Crippen LogP contribution in [0.2, 0.25) is 0 Å². The summed E-state index contributed by atoms with van der Waals surface area (Å²) in [6.07, 6.45) is 13.9. The van der Waals surface area contributed by atoms with E-state index in [0.717, 1.165) is 57.2 Å². The van der Waals surface area contributed by atoms with Crippen LogP contribution >= 0.6 is 0 Å². The standard InChI is InChI=1S/C41H63N3O4S/c1-28(2)31-10-8-7-9-19-41(42)33(36(31)43-22-23-44-24-26-49(47,48)27-25-44)15-16-35-39(5)20-17-32(29-11-13-30(14-12-29)37(45)46)38(3,4)34(39)18-21-40(35,41)6/h11-14,17,31,33-36,43H,1,7-10,15-16,18-27,42H2,2-6H3,(H,45,46)/t31?,33-,34+,35-,36-,39+,40-,41+/m1/s1. The van der Waals surface area contributed by atoms with Gasteiger partial charge in [-0.05, 0) is 115 Å². The summed E-state index contributed by atoms with van der Waals surface area (Å²) in [5, 5.41) is 13.6. The topological polar surface area (TPSA) is 113 Å². The fraction of sp³-hybridized carbons (Fsp3) is 0.732. The summed E-state index contributed by atoms with van der Waals surface area (Å²) in [4.78, 5) is 13.9. The molecular formula is C41H63N3O4S. The van der Waals surface area contributed by atoms with Crippen molar-refractivity contribution in [1.82, 2.24) is 10.2 Å². The normalized spacial score (nSPS) is 39.1. The Bertz CT molecular complexity index is 1540. The van der Waals surface area contributed by atoms with Gasteiger partial charge in [0, 0.05) is 37.8 Å². The van der Waals surface area contributed by atoms with E-state index < -0.39 is 15.8 Å². The molecule has 1 heterocycles. The lowest BCUT2D eigenvalue weighted by atomic mass is 9.36. The van der Waals surface area contributed by atoms with Crippen molar-refractivity contribution in [2.24, 2.45) is 45.7 Å². The van der Waals surface area contributed by atoms with Crippen molar-refractivity contribution in [3.05, 3.63) is 53.6 Å². The Labute approximate surface area is 296 Å². The highest BCUT2D eigenvalue weighted by Crippen LogP contribution is 2.71. The van der Waals surface area contributed by atoms with Gasteiger partial charge in [0.05, 0.1) is 17.1 Å². The first-order valence-electron chi connectivity index (χ1n) is 19.2. The Kier molecular flexibility index (Phi) is 10.1. The molecule has 0 radical (unpaired) electrons. The van der Waals surface area contributed by atoms with Crippen molar-refractivity contribution < 1.29 is 18.3 Å². The van der Waals surface area contributed by atoms with Crippen LogP contribution in [-0.4, -0.2) is 73.7 Å². The minimum absolute atomic E-state index is 0.0108. The van der Waals surface area contributed by atoms with Crippen LogP contribution in [0.1, 0.15) is 115 Å². The third-order valence-electron chi connectivity index (χ3n) is 14.9. The maximum atomic E-state index is 12.0. The van der Waals surface area contributed by atoms with Gasteiger partial charge in [-0.3, -0.25) is 0 Å². The molecule has 0 amide bonds. The number of hydrogen-bond donors (Lipinski definition) is 3. The number of sulfone groups is 1. The number of carboxylic acids is 1. The Morgan fingerprint density at radius 1 is 0.980 bits per heavy atom. The van der Waals surface area contributed by atoms with Crippen LogP contribution in [0.3, 0.4) is 0 Å². The van der Waals surface area contributed by atoms with Crippen LogP contribution in [0, 0.1) is 39.9 Å². The highest BCUT2D eigenvalue weighted by atomic mass is 32.2. The number of rotatable bonds is 7. The number of allylic oxidation sites excluding steroid dienone is 2. The molecule has 8 heteroatoms. The summed E-state index contributed by atoms with van der Waals surface area (Å²) in [6, 6.07) is 7.76. The quantitative estimate of drug-likeness (QED) is 0.259. The lowest BCUT2D eigenvalue weighted by Gasteiger charge is -2.70. The highest BCUT2D eigenvalue weighted by molar-refractivity contribution is 7.91. The summed E-state index contributed by atoms with van der Waals surface area (Å²) >= 11 is 0. The zero-order valence-corrected chi connectivity index (χ0v) is 31.7. The van der Waals surface area contributed by atoms with Crippen molar-refractivity contribution >= 4 is 21.4 Å². The molecule has 4 fully saturated rings. The molecule has 1 aliphatic heterocycles. The van der Waals surface area contributed by atoms with Gasteiger partial charge in [-0.2, -0.15) is 0 Å². The van der Waals surface area contributed by atoms with Gasteiger partial charge in [-0.1, -0.05) is 77.3 Å². The van der Waals surface area contributed by atoms with E-state index in [1.165, 1.54) is 36.8 Å². The van der Waals surface area contributed by atoms with Crippen LogP contribution in [0.15, 0.2) is 42.5 Å². The first-order valence-corrected chi connectivity index (χ1v) is 21.0. The molecule has 5 aliphatic rings. The minimum Gasteiger partial charge on any atom is -0.478 e. The largest absolute Gasteiger partial charge is 0.478 e. The van der Waals surface area contributed by atoms with Gasteiger partial charge >= 0.3 is 5.97 Å². The van der Waals surface area contributed by atoms with Crippen LogP contribution in [0.25, 0.3) is 5.57 Å². The van der Waals surface area contributed by atoms with E-state index in [2.05, 4.69) is 57.5 Å². The molecule has 1 saturated heterocycles. The van der Waals surface area contributed by atoms with Gasteiger partial charge in [0.1, 0.15) is 0 Å². The number of carboxylic acid groups (broad SMARTS) is 1. The van der Waals surface area contributed by atoms with Gasteiger partial charge in [0.15, 0.2) is 9.84 Å². The molecule has 1 unspecified atom stereocenters. The second kappa shape index (κ2) is 13.5. The van der Waals surface area contributed by atoms with Gasteiger partial charge < -0.3 is 21.1 Å². The van der Waals surface area contributed by atoms with Crippen LogP contribution in [0.5, 0.6) is 0 Å². The maximum Gasteiger partial charge on any atom is 0.335 e. The zero-order valence-electron chi connectivity index (χ0n) is 30.9. The number of benzene rings is 1. The zero-order chi connectivity index (χ0) is 35.4. The lowest BCUT2D eigenvalue weighted by Crippen LogP contribution is -2.72. The Morgan fingerprint density at radius 2 is 1.67 bits per heavy atom. The second-order valence-corrected chi connectivity index (χ2v) is 20.0. The number of aromatic carboxylic acids is 1. The predicted molar refractivity (Wildman–Crippen MR) is 200 cm³/mol. The highest BCUT2D eigenvalue weighted by Gasteiger charge is 2.67. The van der Waals surface area contributed by atoms with Crippen molar-refractivity contribution in [2.75, 3.05) is 37.7 Å². The van der Waals surface area contributed by atoms with E-state index in [4.69, 9.17) is 5.73 Å². The van der Waals surface area contributed by atoms with Gasteiger partial charge in [0.2, 0.25) is 0 Å². The number of carbonyl (C=O) groups is 1. The van der Waals surface area contributed by atoms with Crippen molar-refractivity contribution in [3.63, 3.8) is 0 Å². The van der Waals surface area contributed by atoms with E-state index in [1.807, 2.05) is 12.1 Å². The summed E-state index contributed by atoms with van der Waals surface area (Å²) in [5.41, 5.74) is 12.0. The predicted octanol–water partition coefficient (Wildman–Crippen LogP) is 7.19. The molecule has 1 aromatic rings. The summed E-state index contributed by atoms with van der Waals surface area (Å²) in [7, 11) is -2.89. The molecule has 1 aromatic carbocycles. The molecule has 272 valence electrons. The minimum atomic E-state index is -2.89. The van der Waals surface area contributed by atoms with Crippen molar-refractivity contribution in [2.45, 2.75) is 110 Å². The number of nitrogens with two attached hydrogens (primary N) is 1. The van der Waals surface area contributed by atoms with E-state index >= 15 is 0 Å². The lowest BCUT2D eigenvalue weighted by molar-refractivity contribution is -0.167. The molecule has 4 N–H and O–H groups in total. The van der Waals surface area contributed by atoms with Crippen LogP contribution in [-0.2, 0) is 9.84 Å². The fourth-order valence-electron chi connectivity index (χ4n) is 12.3. The Balaban J connectivity index is 1.29. The van der Waals surface area contributed by atoms with Crippen LogP contribution < -0.4 is 11.1 Å². The molecule has 8 atom stereocenters. The third kappa shape index (κ3) is 6.51. The smallest absolute Gasteiger partial charge is 0.335 e. The van der Waals surface area contributed by atoms with Crippen molar-refractivity contribution in [3.8, 4) is 0 Å². The monoisotopic (exact) mass is 693 g/mol. The Hall–Kier alpha value is -2.00. The van der Waals surface area contributed by atoms with E-state index in [-0.39, 0.29) is 39.3 Å². The molecule has 6 rings (SSSR count). The molecule has 3 saturated carbocycles. The van der Waals surface area contributed by atoms with E-state index in [0.29, 0.717) is 42.3 Å². The molecule has 0 aromatic heterocycles. The van der Waals surface area contributed by atoms with Crippen molar-refractivity contribution in [1.29, 1.82) is 0 Å².